The molecule has 0 aliphatic carbocycles. The molecular weight excluding hydrogens is 575 g/mol. The molecule has 0 aromatic heterocycles. The van der Waals surface area contributed by atoms with Crippen molar-refractivity contribution in [3.63, 3.8) is 0 Å². The average Bonchev–Trinajstić information content (AvgIpc) is 2.76. The lowest BCUT2D eigenvalue weighted by molar-refractivity contribution is -0.384. The van der Waals surface area contributed by atoms with Gasteiger partial charge in [0.25, 0.3) is 5.69 Å². The van der Waals surface area contributed by atoms with Gasteiger partial charge in [0, 0.05) is 48.4 Å². The number of rotatable bonds is 5. The minimum atomic E-state index is -4.67. The van der Waals surface area contributed by atoms with E-state index in [2.05, 4.69) is 31.9 Å². The molecule has 0 atom stereocenters. The lowest BCUT2D eigenvalue weighted by Gasteiger charge is -2.35. The molecule has 12 heteroatoms. The molecule has 3 rings (SSSR count). The number of alkyl halides is 3. The minimum absolute atomic E-state index is 0.0966. The Labute approximate surface area is 204 Å². The van der Waals surface area contributed by atoms with Crippen molar-refractivity contribution in [2.45, 2.75) is 6.18 Å². The van der Waals surface area contributed by atoms with E-state index in [0.29, 0.717) is 17.4 Å². The fourth-order valence-corrected chi connectivity index (χ4v) is 4.89. The Morgan fingerprint density at radius 1 is 1.15 bits per heavy atom. The summed E-state index contributed by atoms with van der Waals surface area (Å²) in [6.45, 7) is 1.02. The molecule has 2 aromatic rings. The van der Waals surface area contributed by atoms with Crippen molar-refractivity contribution in [2.75, 3.05) is 38.2 Å². The Bertz CT molecular complexity index is 1100. The maximum atomic E-state index is 12.9. The summed E-state index contributed by atoms with van der Waals surface area (Å²) in [7, 11) is 1.52. The second kappa shape index (κ2) is 10.1. The van der Waals surface area contributed by atoms with Crippen molar-refractivity contribution in [1.29, 1.82) is 0 Å². The molecule has 1 aliphatic rings. The first-order chi connectivity index (χ1) is 15.5. The van der Waals surface area contributed by atoms with Crippen LogP contribution in [0.1, 0.15) is 11.1 Å². The maximum absolute atomic E-state index is 12.9. The first-order valence-corrected chi connectivity index (χ1v) is 11.2. The molecular formula is C21H18Br2F3N3O4. The number of ether oxygens (including phenoxy) is 1. The van der Waals surface area contributed by atoms with Gasteiger partial charge in [-0.05, 0) is 46.3 Å². The second-order valence-corrected chi connectivity index (χ2v) is 8.88. The highest BCUT2D eigenvalue weighted by Gasteiger charge is 2.34. The van der Waals surface area contributed by atoms with E-state index in [-0.39, 0.29) is 37.8 Å². The largest absolute Gasteiger partial charge is 0.495 e. The Morgan fingerprint density at radius 3 is 2.39 bits per heavy atom. The zero-order valence-electron chi connectivity index (χ0n) is 17.2. The number of halogens is 5. The number of nitro benzene ring substituents is 1. The monoisotopic (exact) mass is 591 g/mol. The summed E-state index contributed by atoms with van der Waals surface area (Å²) in [6, 6.07) is 6.09. The van der Waals surface area contributed by atoms with Crippen molar-refractivity contribution in [3.05, 3.63) is 66.6 Å². The molecule has 0 N–H and O–H groups in total. The van der Waals surface area contributed by atoms with E-state index in [9.17, 15) is 28.1 Å². The number of carbonyl (C=O) groups is 1. The van der Waals surface area contributed by atoms with Crippen LogP contribution < -0.4 is 9.64 Å². The Hall–Kier alpha value is -2.60. The molecule has 1 amide bonds. The fraction of sp³-hybridized carbons (Fsp3) is 0.286. The van der Waals surface area contributed by atoms with Crippen LogP contribution in [0.15, 0.2) is 45.4 Å². The standard InChI is InChI=1S/C21H18Br2F3N3O4/c1-33-20-13(10-15(22)12-16(20)23)2-5-19(30)28-8-6-27(7-9-28)17-4-3-14(21(24,25)26)11-18(17)29(31)32/h2-5,10-12H,6-9H2,1H3/b5-2+. The third-order valence-electron chi connectivity index (χ3n) is 5.08. The van der Waals surface area contributed by atoms with Crippen molar-refractivity contribution < 1.29 is 27.6 Å². The van der Waals surface area contributed by atoms with Crippen LogP contribution >= 0.6 is 31.9 Å². The Balaban J connectivity index is 1.71. The molecule has 0 radical (unpaired) electrons. The summed E-state index contributed by atoms with van der Waals surface area (Å²) in [5.41, 5.74) is -0.909. The van der Waals surface area contributed by atoms with Gasteiger partial charge in [-0.1, -0.05) is 15.9 Å². The predicted molar refractivity (Wildman–Crippen MR) is 124 cm³/mol. The Morgan fingerprint density at radius 2 is 1.82 bits per heavy atom. The van der Waals surface area contributed by atoms with E-state index < -0.39 is 22.4 Å². The van der Waals surface area contributed by atoms with E-state index in [1.807, 2.05) is 6.07 Å². The highest BCUT2D eigenvalue weighted by Crippen LogP contribution is 2.37. The molecule has 1 saturated heterocycles. The van der Waals surface area contributed by atoms with Gasteiger partial charge in [-0.15, -0.1) is 0 Å². The second-order valence-electron chi connectivity index (χ2n) is 7.11. The average molecular weight is 593 g/mol. The number of piperazine rings is 1. The first kappa shape index (κ1) is 25.0. The van der Waals surface area contributed by atoms with Crippen molar-refractivity contribution in [3.8, 4) is 5.75 Å². The highest BCUT2D eigenvalue weighted by molar-refractivity contribution is 9.11. The summed E-state index contributed by atoms with van der Waals surface area (Å²) in [6.07, 6.45) is -1.63. The number of hydrogen-bond donors (Lipinski definition) is 0. The molecule has 33 heavy (non-hydrogen) atoms. The van der Waals surface area contributed by atoms with Gasteiger partial charge in [0.05, 0.1) is 22.1 Å². The van der Waals surface area contributed by atoms with E-state index in [1.54, 1.807) is 21.9 Å². The smallest absolute Gasteiger partial charge is 0.416 e. The number of nitro groups is 1. The quantitative estimate of drug-likeness (QED) is 0.260. The number of nitrogens with zero attached hydrogens (tertiary/aromatic N) is 3. The zero-order chi connectivity index (χ0) is 24.3. The molecule has 1 aliphatic heterocycles. The third kappa shape index (κ3) is 5.85. The van der Waals surface area contributed by atoms with E-state index in [4.69, 9.17) is 4.74 Å². The van der Waals surface area contributed by atoms with E-state index in [0.717, 1.165) is 21.1 Å². The number of benzene rings is 2. The summed E-state index contributed by atoms with van der Waals surface area (Å²) in [4.78, 5) is 26.4. The van der Waals surface area contributed by atoms with Gasteiger partial charge >= 0.3 is 6.18 Å². The van der Waals surface area contributed by atoms with Crippen LogP contribution in [0.5, 0.6) is 5.75 Å². The zero-order valence-corrected chi connectivity index (χ0v) is 20.4. The van der Waals surface area contributed by atoms with Crippen LogP contribution in [0.25, 0.3) is 6.08 Å². The summed E-state index contributed by atoms with van der Waals surface area (Å²) < 4.78 is 45.7. The van der Waals surface area contributed by atoms with Crippen molar-refractivity contribution in [2.24, 2.45) is 0 Å². The van der Waals surface area contributed by atoms with Gasteiger partial charge in [0.2, 0.25) is 5.91 Å². The lowest BCUT2D eigenvalue weighted by atomic mass is 10.1. The Kier molecular flexibility index (Phi) is 7.68. The molecule has 1 fully saturated rings. The number of anilines is 1. The lowest BCUT2D eigenvalue weighted by Crippen LogP contribution is -2.48. The molecule has 0 spiro atoms. The van der Waals surface area contributed by atoms with Crippen LogP contribution in [0, 0.1) is 10.1 Å². The topological polar surface area (TPSA) is 75.9 Å². The van der Waals surface area contributed by atoms with Gasteiger partial charge in [-0.2, -0.15) is 13.2 Å². The summed E-state index contributed by atoms with van der Waals surface area (Å²) >= 11 is 6.79. The van der Waals surface area contributed by atoms with Gasteiger partial charge in [-0.25, -0.2) is 0 Å². The van der Waals surface area contributed by atoms with E-state index >= 15 is 0 Å². The molecule has 176 valence electrons. The van der Waals surface area contributed by atoms with Crippen LogP contribution in [0.2, 0.25) is 0 Å². The van der Waals surface area contributed by atoms with Gasteiger partial charge < -0.3 is 14.5 Å². The normalized spacial score (nSPS) is 14.6. The van der Waals surface area contributed by atoms with Crippen molar-refractivity contribution >= 4 is 55.2 Å². The summed E-state index contributed by atoms with van der Waals surface area (Å²) in [5, 5.41) is 11.4. The van der Waals surface area contributed by atoms with Crippen molar-refractivity contribution in [1.82, 2.24) is 4.90 Å². The van der Waals surface area contributed by atoms with Crippen LogP contribution in [0.3, 0.4) is 0 Å². The molecule has 2 aromatic carbocycles. The molecule has 1 heterocycles. The SMILES string of the molecule is COc1c(Br)cc(Br)cc1/C=C/C(=O)N1CCN(c2ccc(C(F)(F)F)cc2[N+](=O)[O-])CC1. The van der Waals surface area contributed by atoms with Crippen LogP contribution in [-0.4, -0.2) is 49.0 Å². The number of methoxy groups -OCH3 is 1. The molecule has 0 unspecified atom stereocenters. The maximum Gasteiger partial charge on any atom is 0.416 e. The minimum Gasteiger partial charge on any atom is -0.495 e. The molecule has 7 nitrogen and oxygen atoms in total. The number of carbonyl (C=O) groups excluding carboxylic acids is 1. The van der Waals surface area contributed by atoms with Crippen LogP contribution in [0.4, 0.5) is 24.5 Å². The third-order valence-corrected chi connectivity index (χ3v) is 6.13. The first-order valence-electron chi connectivity index (χ1n) is 9.62. The molecule has 0 saturated carbocycles. The van der Waals surface area contributed by atoms with E-state index in [1.165, 1.54) is 13.2 Å². The summed E-state index contributed by atoms with van der Waals surface area (Å²) in [5.74, 6) is 0.316. The van der Waals surface area contributed by atoms with Crippen LogP contribution in [-0.2, 0) is 11.0 Å². The highest BCUT2D eigenvalue weighted by atomic mass is 79.9. The fourth-order valence-electron chi connectivity index (χ4n) is 3.47. The van der Waals surface area contributed by atoms with Gasteiger partial charge in [-0.3, -0.25) is 14.9 Å². The number of hydrogen-bond acceptors (Lipinski definition) is 5. The van der Waals surface area contributed by atoms with Gasteiger partial charge in [0.1, 0.15) is 11.4 Å². The number of amides is 1. The predicted octanol–water partition coefficient (Wildman–Crippen LogP) is 5.51. The molecule has 0 bridgehead atoms. The van der Waals surface area contributed by atoms with Gasteiger partial charge in [0.15, 0.2) is 0 Å².